The van der Waals surface area contributed by atoms with Gasteiger partial charge in [-0.05, 0) is 24.3 Å². The number of rotatable bonds is 4. The summed E-state index contributed by atoms with van der Waals surface area (Å²) in [5.74, 6) is -2.01. The molecule has 0 fully saturated rings. The molecule has 0 atom stereocenters. The van der Waals surface area contributed by atoms with Gasteiger partial charge in [-0.3, -0.25) is 0 Å². The number of benzene rings is 2. The highest BCUT2D eigenvalue weighted by Gasteiger charge is 2.11. The maximum atomic E-state index is 13.6. The zero-order valence-electron chi connectivity index (χ0n) is 11.6. The lowest BCUT2D eigenvalue weighted by Crippen LogP contribution is -2.05. The molecule has 116 valence electrons. The molecular formula is C15H10F3N5. The van der Waals surface area contributed by atoms with Crippen LogP contribution in [0.3, 0.4) is 0 Å². The van der Waals surface area contributed by atoms with E-state index in [4.69, 9.17) is 0 Å². The molecule has 1 heterocycles. The molecule has 0 bridgehead atoms. The summed E-state index contributed by atoms with van der Waals surface area (Å²) in [4.78, 5) is 3.99. The van der Waals surface area contributed by atoms with Crippen molar-refractivity contribution >= 4 is 23.1 Å². The van der Waals surface area contributed by atoms with Gasteiger partial charge in [0.05, 0.1) is 11.9 Å². The molecule has 1 aromatic heterocycles. The number of para-hydroxylation sites is 2. The van der Waals surface area contributed by atoms with Gasteiger partial charge in [0.2, 0.25) is 5.95 Å². The Morgan fingerprint density at radius 2 is 1.48 bits per heavy atom. The zero-order chi connectivity index (χ0) is 16.2. The molecule has 2 aromatic carbocycles. The third-order valence-corrected chi connectivity index (χ3v) is 2.89. The molecule has 0 radical (unpaired) electrons. The van der Waals surface area contributed by atoms with Crippen LogP contribution in [0.4, 0.5) is 36.3 Å². The summed E-state index contributed by atoms with van der Waals surface area (Å²) in [5.41, 5.74) is -0.201. The van der Waals surface area contributed by atoms with E-state index in [-0.39, 0.29) is 17.5 Å². The highest BCUT2D eigenvalue weighted by atomic mass is 19.1. The minimum Gasteiger partial charge on any atom is -0.336 e. The summed E-state index contributed by atoms with van der Waals surface area (Å²) in [7, 11) is 0. The summed E-state index contributed by atoms with van der Waals surface area (Å²) in [6, 6.07) is 9.43. The van der Waals surface area contributed by atoms with Crippen molar-refractivity contribution < 1.29 is 13.2 Å². The maximum Gasteiger partial charge on any atom is 0.249 e. The monoisotopic (exact) mass is 317 g/mol. The predicted molar refractivity (Wildman–Crippen MR) is 79.2 cm³/mol. The second-order valence-electron chi connectivity index (χ2n) is 4.49. The van der Waals surface area contributed by atoms with Crippen molar-refractivity contribution in [3.05, 3.63) is 66.1 Å². The molecule has 5 nitrogen and oxygen atoms in total. The first-order valence-electron chi connectivity index (χ1n) is 6.56. The quantitative estimate of drug-likeness (QED) is 0.767. The van der Waals surface area contributed by atoms with E-state index >= 15 is 0 Å². The van der Waals surface area contributed by atoms with Crippen LogP contribution in [0.1, 0.15) is 0 Å². The van der Waals surface area contributed by atoms with Crippen LogP contribution in [-0.4, -0.2) is 15.2 Å². The van der Waals surface area contributed by atoms with Gasteiger partial charge in [-0.2, -0.15) is 10.1 Å². The van der Waals surface area contributed by atoms with Gasteiger partial charge >= 0.3 is 0 Å². The van der Waals surface area contributed by atoms with Gasteiger partial charge < -0.3 is 10.6 Å². The number of hydrogen-bond donors (Lipinski definition) is 2. The molecular weight excluding hydrogens is 307 g/mol. The molecule has 0 aliphatic carbocycles. The predicted octanol–water partition coefficient (Wildman–Crippen LogP) is 3.78. The van der Waals surface area contributed by atoms with Crippen LogP contribution < -0.4 is 10.6 Å². The van der Waals surface area contributed by atoms with E-state index in [1.54, 1.807) is 12.1 Å². The van der Waals surface area contributed by atoms with E-state index in [2.05, 4.69) is 25.8 Å². The molecule has 0 aliphatic heterocycles. The lowest BCUT2D eigenvalue weighted by Gasteiger charge is -2.09. The number of anilines is 4. The average Bonchev–Trinajstić information content (AvgIpc) is 2.54. The SMILES string of the molecule is Fc1ccccc1Nc1cnnc(Nc2c(F)cccc2F)n1. The van der Waals surface area contributed by atoms with Crippen LogP contribution in [0.15, 0.2) is 48.7 Å². The molecule has 0 spiro atoms. The van der Waals surface area contributed by atoms with Gasteiger partial charge in [-0.1, -0.05) is 18.2 Å². The summed E-state index contributed by atoms with van der Waals surface area (Å²) < 4.78 is 40.8. The van der Waals surface area contributed by atoms with Crippen molar-refractivity contribution in [2.75, 3.05) is 10.6 Å². The van der Waals surface area contributed by atoms with Crippen LogP contribution in [0, 0.1) is 17.5 Å². The molecule has 0 amide bonds. The molecule has 8 heteroatoms. The Morgan fingerprint density at radius 3 is 2.22 bits per heavy atom. The second-order valence-corrected chi connectivity index (χ2v) is 4.49. The van der Waals surface area contributed by atoms with Gasteiger partial charge in [-0.15, -0.1) is 5.10 Å². The van der Waals surface area contributed by atoms with Crippen LogP contribution in [0.2, 0.25) is 0 Å². The third kappa shape index (κ3) is 3.37. The van der Waals surface area contributed by atoms with E-state index in [0.717, 1.165) is 12.1 Å². The van der Waals surface area contributed by atoms with E-state index in [1.165, 1.54) is 24.4 Å². The minimum atomic E-state index is -0.791. The van der Waals surface area contributed by atoms with Gasteiger partial charge in [0, 0.05) is 0 Å². The Hall–Kier alpha value is -3.16. The molecule has 2 N–H and O–H groups in total. The molecule has 0 saturated heterocycles. The Balaban J connectivity index is 1.84. The average molecular weight is 317 g/mol. The molecule has 3 aromatic rings. The van der Waals surface area contributed by atoms with E-state index in [0.29, 0.717) is 0 Å². The number of halogens is 3. The smallest absolute Gasteiger partial charge is 0.249 e. The fourth-order valence-electron chi connectivity index (χ4n) is 1.85. The first-order chi connectivity index (χ1) is 11.1. The van der Waals surface area contributed by atoms with Crippen molar-refractivity contribution in [2.45, 2.75) is 0 Å². The molecule has 0 aliphatic rings. The summed E-state index contributed by atoms with van der Waals surface area (Å²) in [5, 5.41) is 12.4. The number of aromatic nitrogens is 3. The van der Waals surface area contributed by atoms with Crippen molar-refractivity contribution in [1.82, 2.24) is 15.2 Å². The Labute approximate surface area is 129 Å². The van der Waals surface area contributed by atoms with E-state index in [1.807, 2.05) is 0 Å². The van der Waals surface area contributed by atoms with Crippen molar-refractivity contribution in [1.29, 1.82) is 0 Å². The van der Waals surface area contributed by atoms with Crippen molar-refractivity contribution in [2.24, 2.45) is 0 Å². The number of nitrogens with zero attached hydrogens (tertiary/aromatic N) is 3. The standard InChI is InChI=1S/C15H10F3N5/c16-9-4-1-2-7-12(9)20-13-8-19-23-15(21-13)22-14-10(17)5-3-6-11(14)18/h1-8H,(H2,20,21,22,23). The highest BCUT2D eigenvalue weighted by Crippen LogP contribution is 2.22. The van der Waals surface area contributed by atoms with E-state index < -0.39 is 23.1 Å². The Morgan fingerprint density at radius 1 is 0.783 bits per heavy atom. The molecule has 0 saturated carbocycles. The van der Waals surface area contributed by atoms with Crippen LogP contribution in [0.25, 0.3) is 0 Å². The van der Waals surface area contributed by atoms with Crippen LogP contribution in [-0.2, 0) is 0 Å². The number of nitrogens with one attached hydrogen (secondary N) is 2. The number of hydrogen-bond acceptors (Lipinski definition) is 5. The molecule has 3 rings (SSSR count). The highest BCUT2D eigenvalue weighted by molar-refractivity contribution is 5.59. The van der Waals surface area contributed by atoms with Crippen LogP contribution >= 0.6 is 0 Å². The van der Waals surface area contributed by atoms with Crippen molar-refractivity contribution in [3.63, 3.8) is 0 Å². The minimum absolute atomic E-state index is 0.129. The topological polar surface area (TPSA) is 62.7 Å². The fourth-order valence-corrected chi connectivity index (χ4v) is 1.85. The summed E-state index contributed by atoms with van der Waals surface area (Å²) in [6.45, 7) is 0. The van der Waals surface area contributed by atoms with Crippen molar-refractivity contribution in [3.8, 4) is 0 Å². The van der Waals surface area contributed by atoms with Gasteiger partial charge in [0.15, 0.2) is 5.82 Å². The maximum absolute atomic E-state index is 13.6. The second kappa shape index (κ2) is 6.30. The Kier molecular flexibility index (Phi) is 4.05. The first kappa shape index (κ1) is 14.8. The van der Waals surface area contributed by atoms with Gasteiger partial charge in [0.25, 0.3) is 0 Å². The van der Waals surface area contributed by atoms with Gasteiger partial charge in [0.1, 0.15) is 23.1 Å². The van der Waals surface area contributed by atoms with Crippen LogP contribution in [0.5, 0.6) is 0 Å². The molecule has 0 unspecified atom stereocenters. The lowest BCUT2D eigenvalue weighted by atomic mass is 10.3. The summed E-state index contributed by atoms with van der Waals surface area (Å²) in [6.07, 6.45) is 1.26. The third-order valence-electron chi connectivity index (χ3n) is 2.89. The van der Waals surface area contributed by atoms with Gasteiger partial charge in [-0.25, -0.2) is 13.2 Å². The Bertz CT molecular complexity index is 821. The largest absolute Gasteiger partial charge is 0.336 e. The van der Waals surface area contributed by atoms with E-state index in [9.17, 15) is 13.2 Å². The summed E-state index contributed by atoms with van der Waals surface area (Å²) >= 11 is 0. The zero-order valence-corrected chi connectivity index (χ0v) is 11.6. The molecule has 23 heavy (non-hydrogen) atoms. The fraction of sp³-hybridized carbons (Fsp3) is 0. The normalized spacial score (nSPS) is 10.4. The lowest BCUT2D eigenvalue weighted by molar-refractivity contribution is 0.590. The first-order valence-corrected chi connectivity index (χ1v) is 6.56.